The Bertz CT molecular complexity index is 679. The standard InChI is InChI=1S/C14H13Cl2NO2S/c1-14(6-19-7-14)5-17-13(18)12-11(16)9-3-2-8(15)4-10(9)20-12/h2-4H,5-7H2,1H3,(H,17,18). The number of hydrogen-bond donors (Lipinski definition) is 1. The van der Waals surface area contributed by atoms with Gasteiger partial charge in [-0.1, -0.05) is 36.2 Å². The minimum Gasteiger partial charge on any atom is -0.380 e. The largest absolute Gasteiger partial charge is 0.380 e. The van der Waals surface area contributed by atoms with E-state index in [1.807, 2.05) is 12.1 Å². The number of thiophene rings is 1. The van der Waals surface area contributed by atoms with Crippen molar-refractivity contribution >= 4 is 50.5 Å². The van der Waals surface area contributed by atoms with Gasteiger partial charge in [0.05, 0.1) is 18.2 Å². The van der Waals surface area contributed by atoms with Gasteiger partial charge in [-0.05, 0) is 12.1 Å². The number of nitrogens with one attached hydrogen (secondary N) is 1. The third-order valence-corrected chi connectivity index (χ3v) is 5.27. The predicted molar refractivity (Wildman–Crippen MR) is 83.1 cm³/mol. The third kappa shape index (κ3) is 2.53. The van der Waals surface area contributed by atoms with Crippen molar-refractivity contribution in [2.24, 2.45) is 5.41 Å². The van der Waals surface area contributed by atoms with Crippen LogP contribution < -0.4 is 5.32 Å². The summed E-state index contributed by atoms with van der Waals surface area (Å²) in [6.07, 6.45) is 0. The van der Waals surface area contributed by atoms with Gasteiger partial charge in [-0.15, -0.1) is 11.3 Å². The Morgan fingerprint density at radius 2 is 2.20 bits per heavy atom. The first-order valence-electron chi connectivity index (χ1n) is 6.22. The van der Waals surface area contributed by atoms with E-state index in [1.54, 1.807) is 6.07 Å². The zero-order chi connectivity index (χ0) is 14.3. The van der Waals surface area contributed by atoms with Crippen LogP contribution in [0, 0.1) is 5.41 Å². The molecule has 0 aliphatic carbocycles. The van der Waals surface area contributed by atoms with Crippen LogP contribution in [-0.2, 0) is 4.74 Å². The SMILES string of the molecule is CC1(CNC(=O)c2sc3cc(Cl)ccc3c2Cl)COC1. The lowest BCUT2D eigenvalue weighted by Crippen LogP contribution is -2.48. The Morgan fingerprint density at radius 1 is 1.45 bits per heavy atom. The van der Waals surface area contributed by atoms with E-state index in [9.17, 15) is 4.79 Å². The number of rotatable bonds is 3. The normalized spacial score (nSPS) is 16.9. The van der Waals surface area contributed by atoms with E-state index in [1.165, 1.54) is 11.3 Å². The lowest BCUT2D eigenvalue weighted by molar-refractivity contribution is -0.0978. The Labute approximate surface area is 130 Å². The van der Waals surface area contributed by atoms with Crippen LogP contribution in [-0.4, -0.2) is 25.7 Å². The van der Waals surface area contributed by atoms with Crippen molar-refractivity contribution in [2.75, 3.05) is 19.8 Å². The minimum absolute atomic E-state index is 0.0438. The topological polar surface area (TPSA) is 38.3 Å². The Balaban J connectivity index is 1.82. The van der Waals surface area contributed by atoms with E-state index in [0.29, 0.717) is 34.7 Å². The van der Waals surface area contributed by atoms with Crippen LogP contribution >= 0.6 is 34.5 Å². The van der Waals surface area contributed by atoms with Crippen LogP contribution in [0.1, 0.15) is 16.6 Å². The molecule has 1 fully saturated rings. The fourth-order valence-corrected chi connectivity index (χ4v) is 3.82. The molecular formula is C14H13Cl2NO2S. The molecule has 1 aromatic carbocycles. The maximum absolute atomic E-state index is 12.2. The van der Waals surface area contributed by atoms with Gasteiger partial charge in [0.15, 0.2) is 0 Å². The molecule has 1 aliphatic heterocycles. The summed E-state index contributed by atoms with van der Waals surface area (Å²) in [5.41, 5.74) is 0.0438. The molecule has 6 heteroatoms. The molecule has 2 heterocycles. The molecule has 0 radical (unpaired) electrons. The van der Waals surface area contributed by atoms with Gasteiger partial charge < -0.3 is 10.1 Å². The molecule has 20 heavy (non-hydrogen) atoms. The average molecular weight is 330 g/mol. The van der Waals surface area contributed by atoms with Crippen LogP contribution in [0.5, 0.6) is 0 Å². The second kappa shape index (κ2) is 5.19. The molecular weight excluding hydrogens is 317 g/mol. The third-order valence-electron chi connectivity index (χ3n) is 3.37. The molecule has 106 valence electrons. The first-order chi connectivity index (χ1) is 9.48. The van der Waals surface area contributed by atoms with E-state index in [2.05, 4.69) is 12.2 Å². The molecule has 0 bridgehead atoms. The summed E-state index contributed by atoms with van der Waals surface area (Å²) in [5, 5.41) is 4.93. The molecule has 0 spiro atoms. The van der Waals surface area contributed by atoms with Crippen LogP contribution in [0.4, 0.5) is 0 Å². The van der Waals surface area contributed by atoms with Gasteiger partial charge in [0, 0.05) is 27.1 Å². The first kappa shape index (κ1) is 14.1. The molecule has 1 aliphatic rings. The van der Waals surface area contributed by atoms with E-state index in [0.717, 1.165) is 10.1 Å². The van der Waals surface area contributed by atoms with E-state index < -0.39 is 0 Å². The molecule has 0 unspecified atom stereocenters. The summed E-state index contributed by atoms with van der Waals surface area (Å²) in [7, 11) is 0. The second-order valence-electron chi connectivity index (χ2n) is 5.37. The highest BCUT2D eigenvalue weighted by atomic mass is 35.5. The predicted octanol–water partition coefficient (Wildman–Crippen LogP) is 3.97. The zero-order valence-electron chi connectivity index (χ0n) is 10.8. The van der Waals surface area contributed by atoms with Gasteiger partial charge >= 0.3 is 0 Å². The summed E-state index contributed by atoms with van der Waals surface area (Å²) in [6, 6.07) is 5.44. The fourth-order valence-electron chi connectivity index (χ4n) is 2.11. The van der Waals surface area contributed by atoms with Gasteiger partial charge in [0.1, 0.15) is 4.88 Å². The number of amides is 1. The van der Waals surface area contributed by atoms with Gasteiger partial charge in [0.2, 0.25) is 0 Å². The Morgan fingerprint density at radius 3 is 2.85 bits per heavy atom. The second-order valence-corrected chi connectivity index (χ2v) is 7.24. The van der Waals surface area contributed by atoms with Gasteiger partial charge in [-0.2, -0.15) is 0 Å². The fraction of sp³-hybridized carbons (Fsp3) is 0.357. The monoisotopic (exact) mass is 329 g/mol. The Hall–Kier alpha value is -0.810. The number of carbonyl (C=O) groups excluding carboxylic acids is 1. The number of ether oxygens (including phenoxy) is 1. The zero-order valence-corrected chi connectivity index (χ0v) is 13.2. The summed E-state index contributed by atoms with van der Waals surface area (Å²) < 4.78 is 6.09. The first-order valence-corrected chi connectivity index (χ1v) is 7.79. The van der Waals surface area contributed by atoms with Crippen molar-refractivity contribution in [1.29, 1.82) is 0 Å². The molecule has 1 amide bonds. The van der Waals surface area contributed by atoms with Gasteiger partial charge in [-0.3, -0.25) is 4.79 Å². The van der Waals surface area contributed by atoms with E-state index in [4.69, 9.17) is 27.9 Å². The molecule has 0 saturated carbocycles. The van der Waals surface area contributed by atoms with Crippen LogP contribution in [0.3, 0.4) is 0 Å². The lowest BCUT2D eigenvalue weighted by Gasteiger charge is -2.37. The van der Waals surface area contributed by atoms with Crippen molar-refractivity contribution < 1.29 is 9.53 Å². The molecule has 1 N–H and O–H groups in total. The quantitative estimate of drug-likeness (QED) is 0.925. The number of hydrogen-bond acceptors (Lipinski definition) is 3. The summed E-state index contributed by atoms with van der Waals surface area (Å²) >= 11 is 13.6. The highest BCUT2D eigenvalue weighted by Gasteiger charge is 2.34. The molecule has 3 nitrogen and oxygen atoms in total. The minimum atomic E-state index is -0.138. The van der Waals surface area contributed by atoms with Crippen molar-refractivity contribution in [3.05, 3.63) is 33.1 Å². The highest BCUT2D eigenvalue weighted by molar-refractivity contribution is 7.21. The molecule has 1 aromatic heterocycles. The maximum atomic E-state index is 12.2. The Kier molecular flexibility index (Phi) is 3.67. The van der Waals surface area contributed by atoms with Crippen molar-refractivity contribution in [1.82, 2.24) is 5.32 Å². The van der Waals surface area contributed by atoms with Crippen molar-refractivity contribution in [3.63, 3.8) is 0 Å². The number of benzene rings is 1. The smallest absolute Gasteiger partial charge is 0.262 e. The summed E-state index contributed by atoms with van der Waals surface area (Å²) in [6.45, 7) is 4.05. The molecule has 0 atom stereocenters. The van der Waals surface area contributed by atoms with Gasteiger partial charge in [-0.25, -0.2) is 0 Å². The summed E-state index contributed by atoms with van der Waals surface area (Å²) in [4.78, 5) is 12.8. The van der Waals surface area contributed by atoms with E-state index >= 15 is 0 Å². The van der Waals surface area contributed by atoms with Crippen LogP contribution in [0.25, 0.3) is 10.1 Å². The number of carbonyl (C=O) groups is 1. The molecule has 2 aromatic rings. The molecule has 1 saturated heterocycles. The van der Waals surface area contributed by atoms with Crippen molar-refractivity contribution in [2.45, 2.75) is 6.92 Å². The highest BCUT2D eigenvalue weighted by Crippen LogP contribution is 2.36. The summed E-state index contributed by atoms with van der Waals surface area (Å²) in [5.74, 6) is -0.138. The van der Waals surface area contributed by atoms with Gasteiger partial charge in [0.25, 0.3) is 5.91 Å². The van der Waals surface area contributed by atoms with Crippen LogP contribution in [0.15, 0.2) is 18.2 Å². The number of halogens is 2. The number of fused-ring (bicyclic) bond motifs is 1. The lowest BCUT2D eigenvalue weighted by atomic mass is 9.89. The maximum Gasteiger partial charge on any atom is 0.262 e. The van der Waals surface area contributed by atoms with Crippen molar-refractivity contribution in [3.8, 4) is 0 Å². The van der Waals surface area contributed by atoms with Crippen LogP contribution in [0.2, 0.25) is 10.0 Å². The van der Waals surface area contributed by atoms with E-state index in [-0.39, 0.29) is 11.3 Å². The average Bonchev–Trinajstić information content (AvgIpc) is 2.70. The molecule has 3 rings (SSSR count).